The Kier molecular flexibility index (Phi) is 5.26. The van der Waals surface area contributed by atoms with Crippen LogP contribution in [0, 0.1) is 5.92 Å². The highest BCUT2D eigenvalue weighted by Crippen LogP contribution is 2.25. The first-order valence-electron chi connectivity index (χ1n) is 7.30. The van der Waals surface area contributed by atoms with Gasteiger partial charge in [-0.15, -0.1) is 0 Å². The number of nitrogens with zero attached hydrogens (tertiary/aromatic N) is 1. The molecule has 4 nitrogen and oxygen atoms in total. The fourth-order valence-corrected chi connectivity index (χ4v) is 2.66. The molecular weight excluding hydrogens is 297 g/mol. The van der Waals surface area contributed by atoms with Gasteiger partial charge in [0.25, 0.3) is 5.91 Å². The standard InChI is InChI=1S/C15H19F3N2O2/c1-10-4-2-5-11(8-10)20-13(21)12-6-3-7-19-14(12)22-9-15(16,17)18/h3,6-7,10-11H,2,4-5,8-9H2,1H3,(H,20,21)/t10-,11+/m0/s1. The van der Waals surface area contributed by atoms with Gasteiger partial charge < -0.3 is 10.1 Å². The molecule has 1 fully saturated rings. The van der Waals surface area contributed by atoms with Gasteiger partial charge in [0.1, 0.15) is 5.56 Å². The van der Waals surface area contributed by atoms with Crippen LogP contribution in [0.1, 0.15) is 43.0 Å². The van der Waals surface area contributed by atoms with E-state index in [1.54, 1.807) is 0 Å². The van der Waals surface area contributed by atoms with E-state index in [-0.39, 0.29) is 17.5 Å². The third kappa shape index (κ3) is 4.89. The third-order valence-electron chi connectivity index (χ3n) is 3.66. The molecule has 1 aliphatic carbocycles. The van der Waals surface area contributed by atoms with Gasteiger partial charge in [-0.1, -0.05) is 19.8 Å². The summed E-state index contributed by atoms with van der Waals surface area (Å²) in [6.07, 6.45) is 0.769. The largest absolute Gasteiger partial charge is 0.467 e. The second-order valence-corrected chi connectivity index (χ2v) is 5.70. The van der Waals surface area contributed by atoms with Gasteiger partial charge in [-0.05, 0) is 30.9 Å². The Morgan fingerprint density at radius 1 is 1.45 bits per heavy atom. The fraction of sp³-hybridized carbons (Fsp3) is 0.600. The van der Waals surface area contributed by atoms with Crippen molar-refractivity contribution in [3.8, 4) is 5.88 Å². The smallest absolute Gasteiger partial charge is 0.422 e. The molecular formula is C15H19F3N2O2. The van der Waals surface area contributed by atoms with Gasteiger partial charge in [0.2, 0.25) is 5.88 Å². The Bertz CT molecular complexity index is 520. The average molecular weight is 316 g/mol. The molecule has 1 amide bonds. The second-order valence-electron chi connectivity index (χ2n) is 5.70. The molecule has 22 heavy (non-hydrogen) atoms. The molecule has 1 aliphatic rings. The van der Waals surface area contributed by atoms with Crippen molar-refractivity contribution in [2.45, 2.75) is 44.8 Å². The minimum absolute atomic E-state index is 0.0324. The number of ether oxygens (including phenoxy) is 1. The van der Waals surface area contributed by atoms with Crippen molar-refractivity contribution in [1.82, 2.24) is 10.3 Å². The number of rotatable bonds is 4. The molecule has 1 saturated carbocycles. The van der Waals surface area contributed by atoms with E-state index in [1.165, 1.54) is 18.3 Å². The van der Waals surface area contributed by atoms with E-state index in [2.05, 4.69) is 22.0 Å². The van der Waals surface area contributed by atoms with Crippen molar-refractivity contribution in [2.24, 2.45) is 5.92 Å². The monoisotopic (exact) mass is 316 g/mol. The van der Waals surface area contributed by atoms with Gasteiger partial charge in [0.15, 0.2) is 6.61 Å². The summed E-state index contributed by atoms with van der Waals surface area (Å²) in [5.41, 5.74) is 0.0324. The lowest BCUT2D eigenvalue weighted by atomic mass is 9.87. The number of hydrogen-bond donors (Lipinski definition) is 1. The van der Waals surface area contributed by atoms with Crippen LogP contribution in [-0.2, 0) is 0 Å². The molecule has 2 atom stereocenters. The van der Waals surface area contributed by atoms with Crippen LogP contribution < -0.4 is 10.1 Å². The first kappa shape index (κ1) is 16.6. The predicted octanol–water partition coefficient (Wildman–Crippen LogP) is 3.33. The summed E-state index contributed by atoms with van der Waals surface area (Å²) in [5.74, 6) is -0.195. The van der Waals surface area contributed by atoms with E-state index in [0.717, 1.165) is 25.7 Å². The maximum atomic E-state index is 12.3. The number of hydrogen-bond acceptors (Lipinski definition) is 3. The molecule has 122 valence electrons. The van der Waals surface area contributed by atoms with E-state index >= 15 is 0 Å². The molecule has 1 heterocycles. The number of halogens is 3. The lowest BCUT2D eigenvalue weighted by molar-refractivity contribution is -0.154. The lowest BCUT2D eigenvalue weighted by Crippen LogP contribution is -2.38. The minimum Gasteiger partial charge on any atom is -0.467 e. The summed E-state index contributed by atoms with van der Waals surface area (Å²) in [6, 6.07) is 2.96. The van der Waals surface area contributed by atoms with E-state index in [4.69, 9.17) is 0 Å². The van der Waals surface area contributed by atoms with Gasteiger partial charge in [-0.2, -0.15) is 13.2 Å². The molecule has 1 N–H and O–H groups in total. The minimum atomic E-state index is -4.47. The molecule has 7 heteroatoms. The maximum absolute atomic E-state index is 12.3. The van der Waals surface area contributed by atoms with Crippen LogP contribution in [0.5, 0.6) is 5.88 Å². The molecule has 1 aromatic heterocycles. The Morgan fingerprint density at radius 2 is 2.23 bits per heavy atom. The first-order chi connectivity index (χ1) is 10.3. The van der Waals surface area contributed by atoms with Crippen molar-refractivity contribution >= 4 is 5.91 Å². The van der Waals surface area contributed by atoms with Crippen LogP contribution in [0.4, 0.5) is 13.2 Å². The van der Waals surface area contributed by atoms with Gasteiger partial charge >= 0.3 is 6.18 Å². The van der Waals surface area contributed by atoms with Gasteiger partial charge in [-0.25, -0.2) is 4.98 Å². The second kappa shape index (κ2) is 6.98. The normalized spacial score (nSPS) is 22.2. The van der Waals surface area contributed by atoms with Crippen LogP contribution in [-0.4, -0.2) is 29.7 Å². The highest BCUT2D eigenvalue weighted by Gasteiger charge is 2.30. The van der Waals surface area contributed by atoms with Crippen molar-refractivity contribution in [3.63, 3.8) is 0 Å². The Balaban J connectivity index is 2.02. The average Bonchev–Trinajstić information content (AvgIpc) is 2.44. The van der Waals surface area contributed by atoms with Gasteiger partial charge in [-0.3, -0.25) is 4.79 Å². The summed E-state index contributed by atoms with van der Waals surface area (Å²) in [4.78, 5) is 16.0. The van der Waals surface area contributed by atoms with Gasteiger partial charge in [0.05, 0.1) is 0 Å². The first-order valence-corrected chi connectivity index (χ1v) is 7.30. The van der Waals surface area contributed by atoms with E-state index in [1.807, 2.05) is 0 Å². The molecule has 1 aromatic rings. The van der Waals surface area contributed by atoms with Crippen molar-refractivity contribution in [2.75, 3.05) is 6.61 Å². The van der Waals surface area contributed by atoms with Gasteiger partial charge in [0, 0.05) is 12.2 Å². The summed E-state index contributed by atoms with van der Waals surface area (Å²) in [5, 5.41) is 2.86. The zero-order valence-corrected chi connectivity index (χ0v) is 12.3. The molecule has 0 aliphatic heterocycles. The van der Waals surface area contributed by atoms with Crippen LogP contribution in [0.3, 0.4) is 0 Å². The van der Waals surface area contributed by atoms with Crippen molar-refractivity contribution < 1.29 is 22.7 Å². The van der Waals surface area contributed by atoms with Crippen molar-refractivity contribution in [1.29, 1.82) is 0 Å². The van der Waals surface area contributed by atoms with Crippen LogP contribution in [0.15, 0.2) is 18.3 Å². The summed E-state index contributed by atoms with van der Waals surface area (Å²) in [7, 11) is 0. The van der Waals surface area contributed by atoms with E-state index in [9.17, 15) is 18.0 Å². The Hall–Kier alpha value is -1.79. The highest BCUT2D eigenvalue weighted by molar-refractivity contribution is 5.96. The zero-order chi connectivity index (χ0) is 16.2. The number of pyridine rings is 1. The molecule has 0 bridgehead atoms. The topological polar surface area (TPSA) is 51.2 Å². The van der Waals surface area contributed by atoms with Crippen LogP contribution >= 0.6 is 0 Å². The summed E-state index contributed by atoms with van der Waals surface area (Å²) in [6.45, 7) is 0.658. The number of alkyl halides is 3. The lowest BCUT2D eigenvalue weighted by Gasteiger charge is -2.27. The molecule has 0 saturated heterocycles. The Morgan fingerprint density at radius 3 is 2.91 bits per heavy atom. The Labute approximate surface area is 127 Å². The van der Waals surface area contributed by atoms with E-state index in [0.29, 0.717) is 5.92 Å². The number of nitrogens with one attached hydrogen (secondary N) is 1. The summed E-state index contributed by atoms with van der Waals surface area (Å²) >= 11 is 0. The number of carbonyl (C=O) groups excluding carboxylic acids is 1. The summed E-state index contributed by atoms with van der Waals surface area (Å²) < 4.78 is 41.3. The molecule has 0 aromatic carbocycles. The third-order valence-corrected chi connectivity index (χ3v) is 3.66. The maximum Gasteiger partial charge on any atom is 0.422 e. The molecule has 0 spiro atoms. The molecule has 2 rings (SSSR count). The van der Waals surface area contributed by atoms with Crippen LogP contribution in [0.2, 0.25) is 0 Å². The quantitative estimate of drug-likeness (QED) is 0.927. The molecule has 0 unspecified atom stereocenters. The van der Waals surface area contributed by atoms with Crippen molar-refractivity contribution in [3.05, 3.63) is 23.9 Å². The van der Waals surface area contributed by atoms with Crippen LogP contribution in [0.25, 0.3) is 0 Å². The predicted molar refractivity (Wildman–Crippen MR) is 74.7 cm³/mol. The zero-order valence-electron chi connectivity index (χ0n) is 12.3. The SMILES string of the molecule is C[C@H]1CCC[C@@H](NC(=O)c2cccnc2OCC(F)(F)F)C1. The number of aromatic nitrogens is 1. The highest BCUT2D eigenvalue weighted by atomic mass is 19.4. The number of amides is 1. The fourth-order valence-electron chi connectivity index (χ4n) is 2.66. The molecule has 0 radical (unpaired) electrons. The van der Waals surface area contributed by atoms with E-state index < -0.39 is 18.7 Å². The number of carbonyl (C=O) groups is 1.